The minimum atomic E-state index is -4.88. The molecule has 1 aromatic carbocycles. The number of rotatable bonds is 1. The Labute approximate surface area is 191 Å². The first kappa shape index (κ1) is 23.2. The Bertz CT molecular complexity index is 1220. The summed E-state index contributed by atoms with van der Waals surface area (Å²) in [7, 11) is 0. The third-order valence-corrected chi connectivity index (χ3v) is 5.69. The summed E-state index contributed by atoms with van der Waals surface area (Å²) < 4.78 is 63.1. The predicted octanol–water partition coefficient (Wildman–Crippen LogP) is 4.57. The molecule has 33 heavy (non-hydrogen) atoms. The molecule has 2 aromatic heterocycles. The standard InChI is InChI=1S/C21H21ClF4N6O/c1-9-7-11(27)16(23)12(14(9)21(24,25)26)18-15(22)17-13-19(31-8-30-17)29-6-5-28-4-3-10(2)33-20(13)32-18/h7-8,10,28H,3-6,27H2,1-2H3,(H,29,30,31)/t10-/m0/s1. The highest BCUT2D eigenvalue weighted by atomic mass is 35.5. The van der Waals surface area contributed by atoms with Crippen molar-refractivity contribution in [1.29, 1.82) is 0 Å². The Morgan fingerprint density at radius 1 is 1.21 bits per heavy atom. The van der Waals surface area contributed by atoms with Crippen molar-refractivity contribution in [3.63, 3.8) is 0 Å². The van der Waals surface area contributed by atoms with Crippen LogP contribution in [0.15, 0.2) is 12.4 Å². The van der Waals surface area contributed by atoms with Gasteiger partial charge in [-0.05, 0) is 38.4 Å². The van der Waals surface area contributed by atoms with Crippen LogP contribution in [0.5, 0.6) is 5.88 Å². The van der Waals surface area contributed by atoms with Crippen molar-refractivity contribution in [2.45, 2.75) is 32.5 Å². The van der Waals surface area contributed by atoms with Crippen molar-refractivity contribution in [2.75, 3.05) is 30.7 Å². The van der Waals surface area contributed by atoms with E-state index < -0.39 is 34.5 Å². The number of hydrogen-bond donors (Lipinski definition) is 3. The van der Waals surface area contributed by atoms with Gasteiger partial charge in [0.25, 0.3) is 0 Å². The van der Waals surface area contributed by atoms with Gasteiger partial charge in [0.2, 0.25) is 5.88 Å². The average molecular weight is 485 g/mol. The van der Waals surface area contributed by atoms with Gasteiger partial charge in [0.1, 0.15) is 23.0 Å². The maximum Gasteiger partial charge on any atom is 0.417 e. The second kappa shape index (κ2) is 8.79. The summed E-state index contributed by atoms with van der Waals surface area (Å²) >= 11 is 6.51. The molecule has 0 bridgehead atoms. The molecule has 0 aliphatic carbocycles. The zero-order valence-electron chi connectivity index (χ0n) is 17.8. The Balaban J connectivity index is 2.08. The van der Waals surface area contributed by atoms with Gasteiger partial charge >= 0.3 is 6.18 Å². The molecule has 176 valence electrons. The first-order valence-electron chi connectivity index (χ1n) is 10.2. The number of benzene rings is 1. The second-order valence-electron chi connectivity index (χ2n) is 7.76. The van der Waals surface area contributed by atoms with Crippen LogP contribution < -0.4 is 21.1 Å². The molecule has 0 saturated carbocycles. The molecule has 4 N–H and O–H groups in total. The molecule has 0 unspecified atom stereocenters. The summed E-state index contributed by atoms with van der Waals surface area (Å²) in [5.74, 6) is -0.961. The zero-order chi connectivity index (χ0) is 23.9. The third kappa shape index (κ3) is 4.34. The van der Waals surface area contributed by atoms with Crippen LogP contribution in [0.1, 0.15) is 24.5 Å². The van der Waals surface area contributed by atoms with Crippen molar-refractivity contribution in [3.05, 3.63) is 34.4 Å². The fourth-order valence-corrected chi connectivity index (χ4v) is 4.10. The fourth-order valence-electron chi connectivity index (χ4n) is 3.82. The third-order valence-electron chi connectivity index (χ3n) is 5.33. The van der Waals surface area contributed by atoms with Gasteiger partial charge in [0.15, 0.2) is 5.82 Å². The first-order valence-corrected chi connectivity index (χ1v) is 10.6. The van der Waals surface area contributed by atoms with Gasteiger partial charge in [-0.15, -0.1) is 0 Å². The highest BCUT2D eigenvalue weighted by molar-refractivity contribution is 6.38. The van der Waals surface area contributed by atoms with E-state index in [0.717, 1.165) is 6.07 Å². The highest BCUT2D eigenvalue weighted by Crippen LogP contribution is 2.46. The first-order chi connectivity index (χ1) is 15.6. The van der Waals surface area contributed by atoms with Crippen LogP contribution >= 0.6 is 11.6 Å². The predicted molar refractivity (Wildman–Crippen MR) is 118 cm³/mol. The number of nitrogens with one attached hydrogen (secondary N) is 2. The lowest BCUT2D eigenvalue weighted by molar-refractivity contribution is -0.137. The van der Waals surface area contributed by atoms with Gasteiger partial charge in [0.05, 0.1) is 33.6 Å². The molecule has 12 heteroatoms. The molecule has 0 fully saturated rings. The number of pyridine rings is 1. The number of nitrogens with zero attached hydrogens (tertiary/aromatic N) is 3. The number of anilines is 2. The minimum Gasteiger partial charge on any atom is -0.474 e. The van der Waals surface area contributed by atoms with Crippen LogP contribution in [0.4, 0.5) is 29.1 Å². The summed E-state index contributed by atoms with van der Waals surface area (Å²) in [6.07, 6.45) is -3.43. The van der Waals surface area contributed by atoms with Gasteiger partial charge < -0.3 is 21.1 Å². The fraction of sp³-hybridized carbons (Fsp3) is 0.381. The van der Waals surface area contributed by atoms with E-state index in [2.05, 4.69) is 25.6 Å². The molecule has 0 spiro atoms. The van der Waals surface area contributed by atoms with E-state index in [1.165, 1.54) is 13.3 Å². The van der Waals surface area contributed by atoms with Crippen molar-refractivity contribution < 1.29 is 22.3 Å². The number of ether oxygens (including phenoxy) is 1. The van der Waals surface area contributed by atoms with Crippen LogP contribution in [0.3, 0.4) is 0 Å². The van der Waals surface area contributed by atoms with E-state index in [1.54, 1.807) is 6.92 Å². The van der Waals surface area contributed by atoms with Gasteiger partial charge in [-0.3, -0.25) is 0 Å². The van der Waals surface area contributed by atoms with Gasteiger partial charge in [0, 0.05) is 13.1 Å². The number of alkyl halides is 3. The highest BCUT2D eigenvalue weighted by Gasteiger charge is 2.39. The molecule has 0 saturated heterocycles. The largest absolute Gasteiger partial charge is 0.474 e. The van der Waals surface area contributed by atoms with Crippen molar-refractivity contribution in [2.24, 2.45) is 0 Å². The molecule has 4 rings (SSSR count). The van der Waals surface area contributed by atoms with Gasteiger partial charge in [-0.1, -0.05) is 11.6 Å². The van der Waals surface area contributed by atoms with Gasteiger partial charge in [-0.2, -0.15) is 13.2 Å². The van der Waals surface area contributed by atoms with Crippen LogP contribution in [0.25, 0.3) is 22.2 Å². The Morgan fingerprint density at radius 2 is 1.97 bits per heavy atom. The van der Waals surface area contributed by atoms with E-state index in [0.29, 0.717) is 37.3 Å². The summed E-state index contributed by atoms with van der Waals surface area (Å²) in [4.78, 5) is 12.7. The maximum atomic E-state index is 15.1. The van der Waals surface area contributed by atoms with Crippen molar-refractivity contribution >= 4 is 34.0 Å². The summed E-state index contributed by atoms with van der Waals surface area (Å²) in [6, 6.07) is 0.933. The molecule has 3 heterocycles. The second-order valence-corrected chi connectivity index (χ2v) is 8.14. The van der Waals surface area contributed by atoms with E-state index in [4.69, 9.17) is 22.1 Å². The molecule has 1 aliphatic rings. The topological polar surface area (TPSA) is 98.0 Å². The lowest BCUT2D eigenvalue weighted by Crippen LogP contribution is -2.26. The quantitative estimate of drug-likeness (QED) is 0.344. The number of nitrogen functional groups attached to an aromatic ring is 1. The van der Waals surface area contributed by atoms with E-state index in [9.17, 15) is 13.2 Å². The Kier molecular flexibility index (Phi) is 6.19. The molecule has 0 amide bonds. The summed E-state index contributed by atoms with van der Waals surface area (Å²) in [6.45, 7) is 4.81. The van der Waals surface area contributed by atoms with Crippen LogP contribution in [-0.4, -0.2) is 40.7 Å². The van der Waals surface area contributed by atoms with Crippen LogP contribution in [0, 0.1) is 12.7 Å². The molecule has 1 atom stereocenters. The van der Waals surface area contributed by atoms with Gasteiger partial charge in [-0.25, -0.2) is 19.3 Å². The lowest BCUT2D eigenvalue weighted by atomic mass is 9.96. The normalized spacial score (nSPS) is 17.2. The number of halogens is 5. The molecule has 0 radical (unpaired) electrons. The SMILES string of the molecule is Cc1cc(N)c(F)c(-c2nc3c4c(ncnc4c2Cl)NCCNCC[C@H](C)O3)c1C(F)(F)F. The van der Waals surface area contributed by atoms with E-state index in [-0.39, 0.29) is 28.1 Å². The minimum absolute atomic E-state index is 0.0468. The number of aryl methyl sites for hydroxylation is 1. The lowest BCUT2D eigenvalue weighted by Gasteiger charge is -2.21. The molecule has 7 nitrogen and oxygen atoms in total. The smallest absolute Gasteiger partial charge is 0.417 e. The monoisotopic (exact) mass is 484 g/mol. The maximum absolute atomic E-state index is 15.1. The van der Waals surface area contributed by atoms with E-state index in [1.807, 2.05) is 0 Å². The zero-order valence-corrected chi connectivity index (χ0v) is 18.5. The summed E-state index contributed by atoms with van der Waals surface area (Å²) in [5.41, 5.74) is 2.54. The molecule has 1 aliphatic heterocycles. The molecular weight excluding hydrogens is 464 g/mol. The number of hydrogen-bond acceptors (Lipinski definition) is 7. The van der Waals surface area contributed by atoms with Crippen molar-refractivity contribution in [3.8, 4) is 17.1 Å². The molecular formula is C21H21ClF4N6O. The van der Waals surface area contributed by atoms with E-state index >= 15 is 4.39 Å². The van der Waals surface area contributed by atoms with Crippen molar-refractivity contribution in [1.82, 2.24) is 20.3 Å². The van der Waals surface area contributed by atoms with Crippen LogP contribution in [0.2, 0.25) is 5.02 Å². The average Bonchev–Trinajstić information content (AvgIpc) is 2.77. The number of aromatic nitrogens is 3. The van der Waals surface area contributed by atoms with Crippen LogP contribution in [-0.2, 0) is 6.18 Å². The Hall–Kier alpha value is -2.92. The Morgan fingerprint density at radius 3 is 2.70 bits per heavy atom. The summed E-state index contributed by atoms with van der Waals surface area (Å²) in [5, 5.41) is 6.40. The number of nitrogens with two attached hydrogens (primary N) is 1. The molecule has 3 aromatic rings.